The summed E-state index contributed by atoms with van der Waals surface area (Å²) in [5.41, 5.74) is 1.28. The summed E-state index contributed by atoms with van der Waals surface area (Å²) in [5.74, 6) is 0.502. The predicted molar refractivity (Wildman–Crippen MR) is 108 cm³/mol. The summed E-state index contributed by atoms with van der Waals surface area (Å²) in [5, 5.41) is 0. The fourth-order valence-corrected chi connectivity index (χ4v) is 3.77. The highest BCUT2D eigenvalue weighted by Crippen LogP contribution is 2.22. The van der Waals surface area contributed by atoms with E-state index < -0.39 is 0 Å². The Morgan fingerprint density at radius 1 is 0.926 bits per heavy atom. The minimum absolute atomic E-state index is 0.0321. The Hall–Kier alpha value is -2.41. The van der Waals surface area contributed by atoms with Gasteiger partial charge in [0.2, 0.25) is 5.96 Å². The number of carbonyl (C=O) groups excluding carboxylic acids is 1. The van der Waals surface area contributed by atoms with E-state index >= 15 is 0 Å². The molecule has 0 aliphatic carbocycles. The first-order valence-electron chi connectivity index (χ1n) is 9.00. The molecular formula is C20H20BrFN4O. The van der Waals surface area contributed by atoms with Gasteiger partial charge < -0.3 is 9.80 Å². The van der Waals surface area contributed by atoms with E-state index in [9.17, 15) is 9.18 Å². The standard InChI is InChI=1S/C20H20BrFN4O/c21-16-7-5-15(6-8-16)19(27)26-10-9-23-20(26)25-13-11-24(12-14-25)18-4-2-1-3-17(18)22/h1-8H,9-14H2. The van der Waals surface area contributed by atoms with Crippen molar-refractivity contribution in [2.45, 2.75) is 0 Å². The van der Waals surface area contributed by atoms with Crippen molar-refractivity contribution in [3.05, 3.63) is 64.4 Å². The average Bonchev–Trinajstić information content (AvgIpc) is 3.18. The molecular weight excluding hydrogens is 411 g/mol. The van der Waals surface area contributed by atoms with Crippen LogP contribution in [-0.2, 0) is 0 Å². The lowest BCUT2D eigenvalue weighted by Gasteiger charge is -2.38. The minimum atomic E-state index is -0.198. The quantitative estimate of drug-likeness (QED) is 0.733. The van der Waals surface area contributed by atoms with E-state index in [0.717, 1.165) is 10.4 Å². The van der Waals surface area contributed by atoms with Crippen LogP contribution in [0.15, 0.2) is 58.0 Å². The van der Waals surface area contributed by atoms with Gasteiger partial charge in [0.25, 0.3) is 5.91 Å². The molecule has 4 rings (SSSR count). The average molecular weight is 431 g/mol. The normalized spacial score (nSPS) is 17.3. The van der Waals surface area contributed by atoms with Crippen LogP contribution in [0.5, 0.6) is 0 Å². The van der Waals surface area contributed by atoms with Crippen LogP contribution in [0.2, 0.25) is 0 Å². The molecule has 0 atom stereocenters. The Morgan fingerprint density at radius 3 is 2.30 bits per heavy atom. The predicted octanol–water partition coefficient (Wildman–Crippen LogP) is 3.22. The molecule has 2 aromatic carbocycles. The molecule has 27 heavy (non-hydrogen) atoms. The van der Waals surface area contributed by atoms with Gasteiger partial charge in [-0.1, -0.05) is 28.1 Å². The molecule has 1 amide bonds. The third kappa shape index (κ3) is 3.69. The molecule has 0 spiro atoms. The van der Waals surface area contributed by atoms with E-state index in [1.807, 2.05) is 35.2 Å². The molecule has 5 nitrogen and oxygen atoms in total. The number of para-hydroxylation sites is 1. The minimum Gasteiger partial charge on any atom is -0.366 e. The molecule has 2 aliphatic rings. The van der Waals surface area contributed by atoms with Crippen molar-refractivity contribution in [3.63, 3.8) is 0 Å². The smallest absolute Gasteiger partial charge is 0.260 e. The SMILES string of the molecule is O=C(c1ccc(Br)cc1)N1CCN=C1N1CCN(c2ccccc2F)CC1. The van der Waals surface area contributed by atoms with E-state index in [1.54, 1.807) is 17.0 Å². The van der Waals surface area contributed by atoms with Crippen molar-refractivity contribution in [1.29, 1.82) is 0 Å². The molecule has 7 heteroatoms. The molecule has 0 aromatic heterocycles. The number of benzene rings is 2. The first-order valence-corrected chi connectivity index (χ1v) is 9.79. The molecule has 0 bridgehead atoms. The van der Waals surface area contributed by atoms with Gasteiger partial charge in [-0.2, -0.15) is 0 Å². The van der Waals surface area contributed by atoms with Gasteiger partial charge in [0.15, 0.2) is 0 Å². The number of halogens is 2. The Labute approximate surface area is 166 Å². The van der Waals surface area contributed by atoms with Crippen LogP contribution in [0.3, 0.4) is 0 Å². The third-order valence-corrected chi connectivity index (χ3v) is 5.44. The summed E-state index contributed by atoms with van der Waals surface area (Å²) >= 11 is 3.39. The number of guanidine groups is 1. The third-order valence-electron chi connectivity index (χ3n) is 4.91. The Morgan fingerprint density at radius 2 is 1.59 bits per heavy atom. The van der Waals surface area contributed by atoms with Crippen LogP contribution < -0.4 is 4.90 Å². The fourth-order valence-electron chi connectivity index (χ4n) is 3.50. The van der Waals surface area contributed by atoms with E-state index in [1.165, 1.54) is 6.07 Å². The zero-order chi connectivity index (χ0) is 18.8. The number of rotatable bonds is 2. The second kappa shape index (κ2) is 7.68. The topological polar surface area (TPSA) is 39.2 Å². The number of amides is 1. The van der Waals surface area contributed by atoms with Crippen LogP contribution >= 0.6 is 15.9 Å². The number of aliphatic imine (C=N–C) groups is 1. The summed E-state index contributed by atoms with van der Waals surface area (Å²) in [4.78, 5) is 23.4. The summed E-state index contributed by atoms with van der Waals surface area (Å²) in [6.45, 7) is 4.01. The summed E-state index contributed by atoms with van der Waals surface area (Å²) in [6.07, 6.45) is 0. The maximum absolute atomic E-state index is 14.0. The van der Waals surface area contributed by atoms with Gasteiger partial charge in [-0.05, 0) is 36.4 Å². The van der Waals surface area contributed by atoms with Crippen molar-refractivity contribution in [1.82, 2.24) is 9.80 Å². The van der Waals surface area contributed by atoms with Crippen LogP contribution in [0.1, 0.15) is 10.4 Å². The molecule has 2 heterocycles. The molecule has 0 N–H and O–H groups in total. The lowest BCUT2D eigenvalue weighted by atomic mass is 10.2. The number of anilines is 1. The van der Waals surface area contributed by atoms with Gasteiger partial charge in [-0.15, -0.1) is 0 Å². The van der Waals surface area contributed by atoms with E-state index in [4.69, 9.17) is 0 Å². The molecule has 1 saturated heterocycles. The number of carbonyl (C=O) groups is 1. The summed E-state index contributed by atoms with van der Waals surface area (Å²) < 4.78 is 15.0. The van der Waals surface area contributed by atoms with E-state index in [0.29, 0.717) is 50.5 Å². The monoisotopic (exact) mass is 430 g/mol. The molecule has 2 aliphatic heterocycles. The zero-order valence-electron chi connectivity index (χ0n) is 14.8. The number of nitrogens with zero attached hydrogens (tertiary/aromatic N) is 4. The highest BCUT2D eigenvalue weighted by molar-refractivity contribution is 9.10. The Bertz CT molecular complexity index is 863. The molecule has 140 valence electrons. The molecule has 0 saturated carbocycles. The van der Waals surface area contributed by atoms with Crippen molar-refractivity contribution < 1.29 is 9.18 Å². The largest absolute Gasteiger partial charge is 0.366 e. The molecule has 0 radical (unpaired) electrons. The molecule has 1 fully saturated rings. The number of hydrogen-bond donors (Lipinski definition) is 0. The van der Waals surface area contributed by atoms with Gasteiger partial charge in [0.1, 0.15) is 5.82 Å². The summed E-state index contributed by atoms with van der Waals surface area (Å²) in [7, 11) is 0. The van der Waals surface area contributed by atoms with Crippen LogP contribution in [0.25, 0.3) is 0 Å². The highest BCUT2D eigenvalue weighted by Gasteiger charge is 2.31. The summed E-state index contributed by atoms with van der Waals surface area (Å²) in [6, 6.07) is 14.2. The first kappa shape index (κ1) is 18.0. The van der Waals surface area contributed by atoms with Gasteiger partial charge in [-0.3, -0.25) is 14.7 Å². The van der Waals surface area contributed by atoms with Gasteiger partial charge >= 0.3 is 0 Å². The first-order chi connectivity index (χ1) is 13.1. The maximum atomic E-state index is 14.0. The number of hydrogen-bond acceptors (Lipinski definition) is 4. The number of piperazine rings is 1. The molecule has 2 aromatic rings. The van der Waals surface area contributed by atoms with Gasteiger partial charge in [0.05, 0.1) is 12.2 Å². The lowest BCUT2D eigenvalue weighted by Crippen LogP contribution is -2.53. The van der Waals surface area contributed by atoms with E-state index in [-0.39, 0.29) is 11.7 Å². The van der Waals surface area contributed by atoms with Crippen molar-refractivity contribution in [2.24, 2.45) is 4.99 Å². The van der Waals surface area contributed by atoms with Crippen LogP contribution in [0, 0.1) is 5.82 Å². The van der Waals surface area contributed by atoms with Crippen LogP contribution in [-0.4, -0.2) is 60.9 Å². The van der Waals surface area contributed by atoms with Gasteiger partial charge in [0, 0.05) is 42.8 Å². The van der Waals surface area contributed by atoms with E-state index in [2.05, 4.69) is 25.8 Å². The lowest BCUT2D eigenvalue weighted by molar-refractivity contribution is 0.0843. The second-order valence-corrected chi connectivity index (χ2v) is 7.49. The second-order valence-electron chi connectivity index (χ2n) is 6.57. The van der Waals surface area contributed by atoms with Crippen molar-refractivity contribution in [3.8, 4) is 0 Å². The Kier molecular flexibility index (Phi) is 5.11. The zero-order valence-corrected chi connectivity index (χ0v) is 16.4. The molecule has 0 unspecified atom stereocenters. The fraction of sp³-hybridized carbons (Fsp3) is 0.300. The van der Waals surface area contributed by atoms with Gasteiger partial charge in [-0.25, -0.2) is 4.39 Å². The Balaban J connectivity index is 1.44. The van der Waals surface area contributed by atoms with Crippen molar-refractivity contribution in [2.75, 3.05) is 44.2 Å². The van der Waals surface area contributed by atoms with Crippen LogP contribution in [0.4, 0.5) is 10.1 Å². The highest BCUT2D eigenvalue weighted by atomic mass is 79.9. The van der Waals surface area contributed by atoms with Crippen molar-refractivity contribution >= 4 is 33.5 Å². The maximum Gasteiger partial charge on any atom is 0.260 e.